The van der Waals surface area contributed by atoms with Gasteiger partial charge in [0.2, 0.25) is 5.75 Å². The van der Waals surface area contributed by atoms with Crippen LogP contribution in [0.15, 0.2) is 60.7 Å². The lowest BCUT2D eigenvalue weighted by molar-refractivity contribution is 0.0733. The van der Waals surface area contributed by atoms with Crippen molar-refractivity contribution in [1.29, 1.82) is 0 Å². The summed E-state index contributed by atoms with van der Waals surface area (Å²) in [5, 5.41) is 0. The summed E-state index contributed by atoms with van der Waals surface area (Å²) in [6.07, 6.45) is 3.14. The summed E-state index contributed by atoms with van der Waals surface area (Å²) in [4.78, 5) is 25.2. The summed E-state index contributed by atoms with van der Waals surface area (Å²) in [5.41, 5.74) is 1.44. The van der Waals surface area contributed by atoms with Crippen LogP contribution in [0.1, 0.15) is 26.3 Å². The maximum atomic E-state index is 12.7. The van der Waals surface area contributed by atoms with E-state index in [1.807, 2.05) is 6.07 Å². The molecule has 0 saturated heterocycles. The van der Waals surface area contributed by atoms with Gasteiger partial charge in [-0.1, -0.05) is 12.1 Å². The van der Waals surface area contributed by atoms with Crippen molar-refractivity contribution in [1.82, 2.24) is 0 Å². The zero-order valence-electron chi connectivity index (χ0n) is 20.1. The zero-order chi connectivity index (χ0) is 25.4. The number of benzene rings is 3. The molecule has 0 aliphatic rings. The van der Waals surface area contributed by atoms with Crippen LogP contribution in [0.2, 0.25) is 0 Å². The Morgan fingerprint density at radius 3 is 1.77 bits per heavy atom. The monoisotopic (exact) mass is 478 g/mol. The molecule has 0 radical (unpaired) electrons. The second-order valence-corrected chi connectivity index (χ2v) is 7.14. The number of allylic oxidation sites excluding steroid dienone is 1. The lowest BCUT2D eigenvalue weighted by atomic mass is 10.1. The molecule has 0 aromatic heterocycles. The average Bonchev–Trinajstić information content (AvgIpc) is 2.90. The molecule has 35 heavy (non-hydrogen) atoms. The van der Waals surface area contributed by atoms with Gasteiger partial charge in [0.25, 0.3) is 0 Å². The number of hydrogen-bond acceptors (Lipinski definition) is 8. The highest BCUT2D eigenvalue weighted by molar-refractivity contribution is 6.07. The van der Waals surface area contributed by atoms with Gasteiger partial charge in [-0.2, -0.15) is 0 Å². The van der Waals surface area contributed by atoms with E-state index in [2.05, 4.69) is 0 Å². The molecule has 0 spiro atoms. The fraction of sp³-hybridized carbons (Fsp3) is 0.185. The third-order valence-electron chi connectivity index (χ3n) is 5.08. The molecule has 0 atom stereocenters. The summed E-state index contributed by atoms with van der Waals surface area (Å²) in [6, 6.07) is 14.6. The highest BCUT2D eigenvalue weighted by Gasteiger charge is 2.18. The van der Waals surface area contributed by atoms with Crippen molar-refractivity contribution in [3.8, 4) is 34.5 Å². The molecule has 3 aromatic carbocycles. The van der Waals surface area contributed by atoms with Crippen molar-refractivity contribution in [3.63, 3.8) is 0 Å². The number of methoxy groups -OCH3 is 5. The number of ketones is 1. The van der Waals surface area contributed by atoms with Gasteiger partial charge < -0.3 is 28.4 Å². The van der Waals surface area contributed by atoms with E-state index in [1.165, 1.54) is 39.5 Å². The van der Waals surface area contributed by atoms with Crippen molar-refractivity contribution >= 4 is 17.8 Å². The Morgan fingerprint density at radius 2 is 1.23 bits per heavy atom. The molecular weight excluding hydrogens is 452 g/mol. The topological polar surface area (TPSA) is 89.5 Å². The minimum absolute atomic E-state index is 0.206. The van der Waals surface area contributed by atoms with Crippen LogP contribution in [0.4, 0.5) is 0 Å². The molecule has 0 bridgehead atoms. The van der Waals surface area contributed by atoms with Crippen LogP contribution in [0.3, 0.4) is 0 Å². The fourth-order valence-corrected chi connectivity index (χ4v) is 3.28. The van der Waals surface area contributed by atoms with E-state index in [-0.39, 0.29) is 17.1 Å². The van der Waals surface area contributed by atoms with Gasteiger partial charge in [-0.15, -0.1) is 0 Å². The quantitative estimate of drug-likeness (QED) is 0.177. The SMILES string of the molecule is COc1ccc(C=CC(=O)c2ccc(OC(=O)c3cc(OC)c(OC)c(OC)c3)cc2)cc1OC. The normalized spacial score (nSPS) is 10.5. The predicted octanol–water partition coefficient (Wildman–Crippen LogP) is 4.84. The van der Waals surface area contributed by atoms with E-state index < -0.39 is 5.97 Å². The van der Waals surface area contributed by atoms with E-state index in [0.29, 0.717) is 34.3 Å². The first-order valence-corrected chi connectivity index (χ1v) is 10.5. The number of ether oxygens (including phenoxy) is 6. The van der Waals surface area contributed by atoms with Crippen LogP contribution in [0, 0.1) is 0 Å². The number of carbonyl (C=O) groups is 2. The first-order valence-electron chi connectivity index (χ1n) is 10.5. The van der Waals surface area contributed by atoms with Gasteiger partial charge >= 0.3 is 5.97 Å². The minimum Gasteiger partial charge on any atom is -0.493 e. The summed E-state index contributed by atoms with van der Waals surface area (Å²) in [6.45, 7) is 0. The zero-order valence-corrected chi connectivity index (χ0v) is 20.1. The first-order chi connectivity index (χ1) is 16.9. The van der Waals surface area contributed by atoms with Crippen molar-refractivity contribution in [2.24, 2.45) is 0 Å². The standard InChI is InChI=1S/C27H26O8/c1-30-22-13-7-17(14-23(22)31-2)6-12-21(28)18-8-10-20(11-9-18)35-27(29)19-15-24(32-3)26(34-5)25(16-19)33-4/h6-16H,1-5H3. The smallest absolute Gasteiger partial charge is 0.343 e. The van der Waals surface area contributed by atoms with Gasteiger partial charge in [-0.05, 0) is 60.2 Å². The summed E-state index contributed by atoms with van der Waals surface area (Å²) >= 11 is 0. The van der Waals surface area contributed by atoms with Gasteiger partial charge in [0.1, 0.15) is 5.75 Å². The Balaban J connectivity index is 1.71. The van der Waals surface area contributed by atoms with E-state index >= 15 is 0 Å². The lowest BCUT2D eigenvalue weighted by Gasteiger charge is -2.13. The van der Waals surface area contributed by atoms with E-state index in [4.69, 9.17) is 28.4 Å². The first kappa shape index (κ1) is 25.2. The van der Waals surface area contributed by atoms with Crippen LogP contribution >= 0.6 is 0 Å². The summed E-state index contributed by atoms with van der Waals surface area (Å²) < 4.78 is 31.7. The predicted molar refractivity (Wildman–Crippen MR) is 130 cm³/mol. The molecule has 0 heterocycles. The molecule has 3 aromatic rings. The second-order valence-electron chi connectivity index (χ2n) is 7.14. The third-order valence-corrected chi connectivity index (χ3v) is 5.08. The maximum absolute atomic E-state index is 12.7. The molecule has 182 valence electrons. The maximum Gasteiger partial charge on any atom is 0.343 e. The van der Waals surface area contributed by atoms with Crippen molar-refractivity contribution in [3.05, 3.63) is 77.4 Å². The van der Waals surface area contributed by atoms with Crippen LogP contribution in [0.5, 0.6) is 34.5 Å². The lowest BCUT2D eigenvalue weighted by Crippen LogP contribution is -2.10. The third kappa shape index (κ3) is 5.92. The Kier molecular flexibility index (Phi) is 8.34. The summed E-state index contributed by atoms with van der Waals surface area (Å²) in [7, 11) is 7.50. The molecule has 8 heteroatoms. The van der Waals surface area contributed by atoms with Crippen molar-refractivity contribution < 1.29 is 38.0 Å². The number of rotatable bonds is 10. The van der Waals surface area contributed by atoms with Gasteiger partial charge in [0.15, 0.2) is 28.8 Å². The Labute approximate surface area is 203 Å². The molecule has 0 fully saturated rings. The van der Waals surface area contributed by atoms with Crippen LogP contribution < -0.4 is 28.4 Å². The van der Waals surface area contributed by atoms with Gasteiger partial charge in [-0.3, -0.25) is 4.79 Å². The van der Waals surface area contributed by atoms with Gasteiger partial charge in [0.05, 0.1) is 41.1 Å². The molecule has 0 N–H and O–H groups in total. The minimum atomic E-state index is -0.614. The van der Waals surface area contributed by atoms with Crippen LogP contribution in [0.25, 0.3) is 6.08 Å². The van der Waals surface area contributed by atoms with E-state index in [0.717, 1.165) is 5.56 Å². The van der Waals surface area contributed by atoms with Crippen LogP contribution in [-0.2, 0) is 0 Å². The average molecular weight is 478 g/mol. The largest absolute Gasteiger partial charge is 0.493 e. The Hall–Kier alpha value is -4.46. The fourth-order valence-electron chi connectivity index (χ4n) is 3.28. The molecule has 0 unspecified atom stereocenters. The number of hydrogen-bond donors (Lipinski definition) is 0. The van der Waals surface area contributed by atoms with Crippen molar-refractivity contribution in [2.45, 2.75) is 0 Å². The molecule has 8 nitrogen and oxygen atoms in total. The second kappa shape index (κ2) is 11.6. The molecule has 0 aliphatic heterocycles. The Morgan fingerprint density at radius 1 is 0.629 bits per heavy atom. The number of esters is 1. The van der Waals surface area contributed by atoms with Crippen LogP contribution in [-0.4, -0.2) is 47.3 Å². The van der Waals surface area contributed by atoms with Gasteiger partial charge in [-0.25, -0.2) is 4.79 Å². The molecular formula is C27H26O8. The van der Waals surface area contributed by atoms with E-state index in [9.17, 15) is 9.59 Å². The highest BCUT2D eigenvalue weighted by atomic mass is 16.5. The van der Waals surface area contributed by atoms with Gasteiger partial charge in [0, 0.05) is 5.56 Å². The molecule has 0 aliphatic carbocycles. The Bertz CT molecular complexity index is 1200. The molecule has 0 saturated carbocycles. The van der Waals surface area contributed by atoms with Crippen molar-refractivity contribution in [2.75, 3.05) is 35.5 Å². The molecule has 0 amide bonds. The molecule has 3 rings (SSSR count). The highest BCUT2D eigenvalue weighted by Crippen LogP contribution is 2.38. The number of carbonyl (C=O) groups excluding carboxylic acids is 2. The summed E-state index contributed by atoms with van der Waals surface area (Å²) in [5.74, 6) is 1.67. The van der Waals surface area contributed by atoms with E-state index in [1.54, 1.807) is 56.7 Å².